The van der Waals surface area contributed by atoms with E-state index in [-0.39, 0.29) is 23.7 Å². The summed E-state index contributed by atoms with van der Waals surface area (Å²) in [5.41, 5.74) is 2.56. The molecular weight excluding hydrogens is 442 g/mol. The molecule has 35 heavy (non-hydrogen) atoms. The molecule has 5 rings (SSSR count). The second-order valence-electron chi connectivity index (χ2n) is 9.04. The molecule has 2 amide bonds. The number of hydrogen-bond donors (Lipinski definition) is 1. The van der Waals surface area contributed by atoms with Crippen LogP contribution in [0.4, 0.5) is 0 Å². The van der Waals surface area contributed by atoms with E-state index in [0.29, 0.717) is 48.7 Å². The van der Waals surface area contributed by atoms with Gasteiger partial charge in [-0.05, 0) is 48.6 Å². The van der Waals surface area contributed by atoms with Gasteiger partial charge in [0.1, 0.15) is 12.7 Å². The molecule has 3 heterocycles. The van der Waals surface area contributed by atoms with Gasteiger partial charge in [0.15, 0.2) is 5.82 Å². The second-order valence-corrected chi connectivity index (χ2v) is 9.04. The van der Waals surface area contributed by atoms with Gasteiger partial charge in [-0.25, -0.2) is 19.6 Å². The molecule has 2 aromatic carbocycles. The fourth-order valence-corrected chi connectivity index (χ4v) is 4.32. The lowest BCUT2D eigenvalue weighted by molar-refractivity contribution is 0.0697. The highest BCUT2D eigenvalue weighted by Crippen LogP contribution is 2.20. The second kappa shape index (κ2) is 9.61. The van der Waals surface area contributed by atoms with E-state index in [2.05, 4.69) is 39.2 Å². The van der Waals surface area contributed by atoms with Crippen molar-refractivity contribution in [3.63, 3.8) is 0 Å². The smallest absolute Gasteiger partial charge is 0.289 e. The molecule has 4 aromatic rings. The average Bonchev–Trinajstić information content (AvgIpc) is 3.43. The number of para-hydroxylation sites is 1. The Kier molecular flexibility index (Phi) is 6.22. The summed E-state index contributed by atoms with van der Waals surface area (Å²) in [7, 11) is 0. The van der Waals surface area contributed by atoms with E-state index in [4.69, 9.17) is 0 Å². The number of aromatic nitrogens is 5. The molecule has 1 aliphatic heterocycles. The maximum Gasteiger partial charge on any atom is 0.289 e. The molecule has 0 unspecified atom stereocenters. The van der Waals surface area contributed by atoms with Crippen LogP contribution in [-0.4, -0.2) is 60.6 Å². The fraction of sp³-hybridized carbons (Fsp3) is 0.308. The summed E-state index contributed by atoms with van der Waals surface area (Å²) in [5.74, 6) is 0.698. The van der Waals surface area contributed by atoms with Crippen LogP contribution >= 0.6 is 0 Å². The number of likely N-dealkylation sites (tertiary alicyclic amines) is 1. The van der Waals surface area contributed by atoms with Gasteiger partial charge in [-0.15, -0.1) is 0 Å². The van der Waals surface area contributed by atoms with Crippen molar-refractivity contribution in [1.29, 1.82) is 0 Å². The summed E-state index contributed by atoms with van der Waals surface area (Å²) in [6, 6.07) is 15.3. The molecule has 0 atom stereocenters. The predicted molar refractivity (Wildman–Crippen MR) is 131 cm³/mol. The van der Waals surface area contributed by atoms with Crippen LogP contribution in [0.15, 0.2) is 61.2 Å². The molecule has 1 aliphatic rings. The van der Waals surface area contributed by atoms with Crippen molar-refractivity contribution in [1.82, 2.24) is 34.9 Å². The summed E-state index contributed by atoms with van der Waals surface area (Å²) in [6.07, 6.45) is 4.31. The van der Waals surface area contributed by atoms with Crippen LogP contribution in [-0.2, 0) is 0 Å². The molecule has 0 radical (unpaired) electrons. The Balaban J connectivity index is 1.25. The molecule has 1 saturated heterocycles. The Hall–Kier alpha value is -4.14. The number of amides is 2. The summed E-state index contributed by atoms with van der Waals surface area (Å²) < 4.78 is 1.53. The van der Waals surface area contributed by atoms with Crippen molar-refractivity contribution in [2.24, 2.45) is 0 Å². The average molecular weight is 470 g/mol. The first-order valence-electron chi connectivity index (χ1n) is 11.8. The number of fused-ring (bicyclic) bond motifs is 1. The zero-order valence-corrected chi connectivity index (χ0v) is 19.8. The normalized spacial score (nSPS) is 14.4. The van der Waals surface area contributed by atoms with Gasteiger partial charge in [-0.2, -0.15) is 5.10 Å². The maximum absolute atomic E-state index is 13.0. The number of carbonyl (C=O) groups is 2. The van der Waals surface area contributed by atoms with Crippen LogP contribution in [0.1, 0.15) is 59.1 Å². The fourth-order valence-electron chi connectivity index (χ4n) is 4.32. The van der Waals surface area contributed by atoms with E-state index in [0.717, 1.165) is 5.39 Å². The number of piperidine rings is 1. The van der Waals surface area contributed by atoms with Gasteiger partial charge in [-0.3, -0.25) is 9.59 Å². The highest BCUT2D eigenvalue weighted by molar-refractivity contribution is 5.95. The van der Waals surface area contributed by atoms with Crippen molar-refractivity contribution in [3.8, 4) is 5.82 Å². The highest BCUT2D eigenvalue weighted by atomic mass is 16.2. The van der Waals surface area contributed by atoms with Gasteiger partial charge in [0.25, 0.3) is 11.8 Å². The van der Waals surface area contributed by atoms with E-state index in [1.807, 2.05) is 53.4 Å². The van der Waals surface area contributed by atoms with Crippen LogP contribution in [0.25, 0.3) is 16.7 Å². The van der Waals surface area contributed by atoms with Crippen LogP contribution in [0.3, 0.4) is 0 Å². The molecule has 0 bridgehead atoms. The SMILES string of the molecule is CC(C)c1ccc(C(=O)N2CCC(NC(=O)c3nc(-n4cncn4)c4ccccc4n3)CC2)cc1. The molecule has 0 saturated carbocycles. The first-order chi connectivity index (χ1) is 17.0. The van der Waals surface area contributed by atoms with E-state index in [1.54, 1.807) is 6.33 Å². The Morgan fingerprint density at radius 1 is 1.00 bits per heavy atom. The van der Waals surface area contributed by atoms with E-state index in [9.17, 15) is 9.59 Å². The summed E-state index contributed by atoms with van der Waals surface area (Å²) in [6.45, 7) is 5.43. The lowest BCUT2D eigenvalue weighted by Crippen LogP contribution is -2.46. The minimum Gasteiger partial charge on any atom is -0.346 e. The number of nitrogens with zero attached hydrogens (tertiary/aromatic N) is 6. The molecule has 0 spiro atoms. The number of hydrogen-bond acceptors (Lipinski definition) is 6. The highest BCUT2D eigenvalue weighted by Gasteiger charge is 2.26. The Bertz CT molecular complexity index is 1340. The van der Waals surface area contributed by atoms with Gasteiger partial charge < -0.3 is 10.2 Å². The quantitative estimate of drug-likeness (QED) is 0.480. The van der Waals surface area contributed by atoms with Crippen LogP contribution in [0.2, 0.25) is 0 Å². The molecule has 0 aliphatic carbocycles. The van der Waals surface area contributed by atoms with Crippen molar-refractivity contribution < 1.29 is 9.59 Å². The molecule has 1 fully saturated rings. The number of benzene rings is 2. The first kappa shape index (κ1) is 22.6. The standard InChI is InChI=1S/C26H27N7O2/c1-17(2)18-7-9-19(10-8-18)26(35)32-13-11-20(12-14-32)29-25(34)23-30-22-6-4-3-5-21(22)24(31-23)33-16-27-15-28-33/h3-10,15-17,20H,11-14H2,1-2H3,(H,29,34). The largest absolute Gasteiger partial charge is 0.346 e. The van der Waals surface area contributed by atoms with E-state index >= 15 is 0 Å². The molecule has 178 valence electrons. The van der Waals surface area contributed by atoms with Crippen molar-refractivity contribution >= 4 is 22.7 Å². The molecule has 1 N–H and O–H groups in total. The van der Waals surface area contributed by atoms with Gasteiger partial charge in [0, 0.05) is 30.1 Å². The zero-order valence-electron chi connectivity index (χ0n) is 19.8. The van der Waals surface area contributed by atoms with Crippen molar-refractivity contribution in [3.05, 3.63) is 78.1 Å². The summed E-state index contributed by atoms with van der Waals surface area (Å²) in [5, 5.41) is 7.99. The Morgan fingerprint density at radius 2 is 1.74 bits per heavy atom. The van der Waals surface area contributed by atoms with Crippen molar-refractivity contribution in [2.75, 3.05) is 13.1 Å². The topological polar surface area (TPSA) is 106 Å². The lowest BCUT2D eigenvalue weighted by Gasteiger charge is -2.32. The third-order valence-electron chi connectivity index (χ3n) is 6.36. The van der Waals surface area contributed by atoms with Gasteiger partial charge in [-0.1, -0.05) is 38.1 Å². The van der Waals surface area contributed by atoms with E-state index < -0.39 is 0 Å². The van der Waals surface area contributed by atoms with Crippen LogP contribution in [0.5, 0.6) is 0 Å². The van der Waals surface area contributed by atoms with E-state index in [1.165, 1.54) is 16.6 Å². The molecule has 2 aromatic heterocycles. The third kappa shape index (κ3) is 4.75. The maximum atomic E-state index is 13.0. The Morgan fingerprint density at radius 3 is 2.43 bits per heavy atom. The van der Waals surface area contributed by atoms with Gasteiger partial charge in [0.2, 0.25) is 5.82 Å². The molecule has 9 nitrogen and oxygen atoms in total. The van der Waals surface area contributed by atoms with Crippen LogP contribution < -0.4 is 5.32 Å². The minimum absolute atomic E-state index is 0.0282. The summed E-state index contributed by atoms with van der Waals surface area (Å²) in [4.78, 5) is 40.7. The first-order valence-corrected chi connectivity index (χ1v) is 11.8. The molecule has 9 heteroatoms. The Labute approximate surface area is 203 Å². The monoisotopic (exact) mass is 469 g/mol. The van der Waals surface area contributed by atoms with Gasteiger partial charge >= 0.3 is 0 Å². The number of carbonyl (C=O) groups excluding carboxylic acids is 2. The van der Waals surface area contributed by atoms with Crippen molar-refractivity contribution in [2.45, 2.75) is 38.6 Å². The van der Waals surface area contributed by atoms with Gasteiger partial charge in [0.05, 0.1) is 5.52 Å². The zero-order chi connectivity index (χ0) is 24.4. The third-order valence-corrected chi connectivity index (χ3v) is 6.36. The minimum atomic E-state index is -0.342. The number of rotatable bonds is 5. The molecular formula is C26H27N7O2. The van der Waals surface area contributed by atoms with Crippen LogP contribution in [0, 0.1) is 0 Å². The lowest BCUT2D eigenvalue weighted by atomic mass is 10.0. The number of nitrogens with one attached hydrogen (secondary N) is 1. The summed E-state index contributed by atoms with van der Waals surface area (Å²) >= 11 is 0. The predicted octanol–water partition coefficient (Wildman–Crippen LogP) is 3.37.